The zero-order valence-corrected chi connectivity index (χ0v) is 12.3. The third-order valence-electron chi connectivity index (χ3n) is 4.70. The molecule has 92 valence electrons. The van der Waals surface area contributed by atoms with Gasteiger partial charge in [-0.05, 0) is 60.5 Å². The zero-order chi connectivity index (χ0) is 12.0. The molecule has 0 N–H and O–H groups in total. The third-order valence-corrected chi connectivity index (χ3v) is 5.61. The van der Waals surface area contributed by atoms with Gasteiger partial charge in [0.25, 0.3) is 0 Å². The summed E-state index contributed by atoms with van der Waals surface area (Å²) in [5, 5.41) is 0. The highest BCUT2D eigenvalue weighted by molar-refractivity contribution is 9.10. The van der Waals surface area contributed by atoms with E-state index in [0.29, 0.717) is 0 Å². The number of rotatable bonds is 4. The number of halogens is 1. The second kappa shape index (κ2) is 4.42. The first kappa shape index (κ1) is 11.8. The van der Waals surface area contributed by atoms with Crippen LogP contribution in [0.2, 0.25) is 0 Å². The van der Waals surface area contributed by atoms with Crippen molar-refractivity contribution in [2.45, 2.75) is 51.4 Å². The molecule has 2 fully saturated rings. The highest BCUT2D eigenvalue weighted by atomic mass is 79.9. The highest BCUT2D eigenvalue weighted by Crippen LogP contribution is 2.48. The molecule has 1 aromatic rings. The molecular weight excluding hydrogens is 272 g/mol. The molecule has 0 heterocycles. The van der Waals surface area contributed by atoms with Crippen molar-refractivity contribution in [1.82, 2.24) is 0 Å². The molecule has 1 aromatic carbocycles. The lowest BCUT2D eigenvalue weighted by Crippen LogP contribution is -2.03. The average Bonchev–Trinajstić information content (AvgIpc) is 3.20. The smallest absolute Gasteiger partial charge is 0.0244 e. The molecule has 2 aliphatic carbocycles. The van der Waals surface area contributed by atoms with E-state index in [1.807, 2.05) is 0 Å². The van der Waals surface area contributed by atoms with Gasteiger partial charge in [-0.3, -0.25) is 0 Å². The largest absolute Gasteiger partial charge is 0.0616 e. The maximum absolute atomic E-state index is 3.87. The lowest BCUT2D eigenvalue weighted by Gasteiger charge is -2.19. The Morgan fingerprint density at radius 1 is 0.941 bits per heavy atom. The molecule has 0 aromatic heterocycles. The number of hydrogen-bond donors (Lipinski definition) is 0. The van der Waals surface area contributed by atoms with Crippen LogP contribution in [0.1, 0.15) is 62.5 Å². The Morgan fingerprint density at radius 2 is 1.35 bits per heavy atom. The van der Waals surface area contributed by atoms with Crippen LogP contribution in [0.15, 0.2) is 22.7 Å². The quantitative estimate of drug-likeness (QED) is 0.690. The Kier molecular flexibility index (Phi) is 3.06. The van der Waals surface area contributed by atoms with Crippen molar-refractivity contribution in [1.29, 1.82) is 0 Å². The van der Waals surface area contributed by atoms with Crippen LogP contribution in [0.3, 0.4) is 0 Å². The molecule has 3 rings (SSSR count). The van der Waals surface area contributed by atoms with E-state index < -0.39 is 0 Å². The predicted octanol–water partition coefficient (Wildman–Crippen LogP) is 5.48. The summed E-state index contributed by atoms with van der Waals surface area (Å²) in [7, 11) is 0. The highest BCUT2D eigenvalue weighted by Gasteiger charge is 2.33. The predicted molar refractivity (Wildman–Crippen MR) is 76.4 cm³/mol. The van der Waals surface area contributed by atoms with Crippen LogP contribution in [0.5, 0.6) is 0 Å². The molecule has 0 nitrogen and oxygen atoms in total. The van der Waals surface area contributed by atoms with Crippen LogP contribution in [-0.4, -0.2) is 0 Å². The maximum Gasteiger partial charge on any atom is 0.0244 e. The summed E-state index contributed by atoms with van der Waals surface area (Å²) < 4.78 is 1.40. The van der Waals surface area contributed by atoms with E-state index in [1.54, 1.807) is 0 Å². The fourth-order valence-corrected chi connectivity index (χ4v) is 3.96. The third kappa shape index (κ3) is 2.31. The number of benzene rings is 1. The minimum atomic E-state index is 0.732. The van der Waals surface area contributed by atoms with Crippen LogP contribution < -0.4 is 0 Å². The fourth-order valence-electron chi connectivity index (χ4n) is 2.97. The first-order chi connectivity index (χ1) is 8.18. The lowest BCUT2D eigenvalue weighted by molar-refractivity contribution is 0.639. The molecule has 2 atom stereocenters. The van der Waals surface area contributed by atoms with Crippen molar-refractivity contribution in [2.75, 3.05) is 0 Å². The molecule has 1 heteroatoms. The van der Waals surface area contributed by atoms with Gasteiger partial charge in [-0.2, -0.15) is 0 Å². The topological polar surface area (TPSA) is 0 Å². The lowest BCUT2D eigenvalue weighted by atomic mass is 9.90. The summed E-state index contributed by atoms with van der Waals surface area (Å²) in [6.07, 6.45) is 5.71. The van der Waals surface area contributed by atoms with Crippen LogP contribution in [0.25, 0.3) is 0 Å². The Morgan fingerprint density at radius 3 is 1.71 bits per heavy atom. The SMILES string of the molecule is CC(c1cccc(C(C)C2CC2)c1Br)C1CC1. The van der Waals surface area contributed by atoms with E-state index in [1.165, 1.54) is 41.3 Å². The van der Waals surface area contributed by atoms with Crippen molar-refractivity contribution >= 4 is 15.9 Å². The van der Waals surface area contributed by atoms with E-state index in [2.05, 4.69) is 48.0 Å². The summed E-state index contributed by atoms with van der Waals surface area (Å²) in [5.41, 5.74) is 3.08. The monoisotopic (exact) mass is 292 g/mol. The minimum absolute atomic E-state index is 0.732. The Hall–Kier alpha value is -0.300. The second-order valence-electron chi connectivity index (χ2n) is 6.00. The van der Waals surface area contributed by atoms with Gasteiger partial charge in [0.1, 0.15) is 0 Å². The van der Waals surface area contributed by atoms with Crippen LogP contribution in [0.4, 0.5) is 0 Å². The minimum Gasteiger partial charge on any atom is -0.0616 e. The Bertz CT molecular complexity index is 379. The van der Waals surface area contributed by atoms with Gasteiger partial charge in [0, 0.05) is 4.47 Å². The average molecular weight is 293 g/mol. The van der Waals surface area contributed by atoms with E-state index in [9.17, 15) is 0 Å². The summed E-state index contributed by atoms with van der Waals surface area (Å²) in [5.74, 6) is 3.35. The van der Waals surface area contributed by atoms with Crippen molar-refractivity contribution in [3.63, 3.8) is 0 Å². The van der Waals surface area contributed by atoms with Crippen LogP contribution >= 0.6 is 15.9 Å². The van der Waals surface area contributed by atoms with Gasteiger partial charge in [0.15, 0.2) is 0 Å². The van der Waals surface area contributed by atoms with Gasteiger partial charge in [-0.25, -0.2) is 0 Å². The molecule has 0 bridgehead atoms. The molecular formula is C16H21Br. The molecule has 0 radical (unpaired) electrons. The summed E-state index contributed by atoms with van der Waals surface area (Å²) in [6, 6.07) is 6.89. The molecule has 2 aliphatic rings. The van der Waals surface area contributed by atoms with Gasteiger partial charge in [-0.1, -0.05) is 48.0 Å². The molecule has 0 spiro atoms. The standard InChI is InChI=1S/C16H21Br/c1-10(12-6-7-12)14-4-3-5-15(16(14)17)11(2)13-8-9-13/h3-5,10-13H,6-9H2,1-2H3. The van der Waals surface area contributed by atoms with Crippen molar-refractivity contribution in [2.24, 2.45) is 11.8 Å². The first-order valence-electron chi connectivity index (χ1n) is 6.96. The Labute approximate surface area is 113 Å². The van der Waals surface area contributed by atoms with Crippen LogP contribution in [0, 0.1) is 11.8 Å². The van der Waals surface area contributed by atoms with Crippen molar-refractivity contribution in [3.8, 4) is 0 Å². The van der Waals surface area contributed by atoms with Gasteiger partial charge in [0.2, 0.25) is 0 Å². The van der Waals surface area contributed by atoms with Crippen molar-refractivity contribution in [3.05, 3.63) is 33.8 Å². The molecule has 0 amide bonds. The summed E-state index contributed by atoms with van der Waals surface area (Å²) >= 11 is 3.87. The fraction of sp³-hybridized carbons (Fsp3) is 0.625. The van der Waals surface area contributed by atoms with Crippen LogP contribution in [-0.2, 0) is 0 Å². The summed E-state index contributed by atoms with van der Waals surface area (Å²) in [6.45, 7) is 4.78. The first-order valence-corrected chi connectivity index (χ1v) is 7.76. The Balaban J connectivity index is 1.91. The molecule has 0 saturated heterocycles. The zero-order valence-electron chi connectivity index (χ0n) is 10.7. The van der Waals surface area contributed by atoms with Gasteiger partial charge < -0.3 is 0 Å². The molecule has 2 saturated carbocycles. The van der Waals surface area contributed by atoms with Gasteiger partial charge in [-0.15, -0.1) is 0 Å². The normalized spacial score (nSPS) is 23.5. The van der Waals surface area contributed by atoms with E-state index in [-0.39, 0.29) is 0 Å². The van der Waals surface area contributed by atoms with Gasteiger partial charge >= 0.3 is 0 Å². The molecule has 0 aliphatic heterocycles. The molecule has 2 unspecified atom stereocenters. The van der Waals surface area contributed by atoms with Crippen molar-refractivity contribution < 1.29 is 0 Å². The van der Waals surface area contributed by atoms with E-state index >= 15 is 0 Å². The van der Waals surface area contributed by atoms with E-state index in [0.717, 1.165) is 23.7 Å². The molecule has 17 heavy (non-hydrogen) atoms. The van der Waals surface area contributed by atoms with Gasteiger partial charge in [0.05, 0.1) is 0 Å². The second-order valence-corrected chi connectivity index (χ2v) is 6.80. The number of hydrogen-bond acceptors (Lipinski definition) is 0. The summed E-state index contributed by atoms with van der Waals surface area (Å²) in [4.78, 5) is 0. The van der Waals surface area contributed by atoms with E-state index in [4.69, 9.17) is 0 Å². The maximum atomic E-state index is 3.87.